The Morgan fingerprint density at radius 2 is 2.27 bits per heavy atom. The van der Waals surface area contributed by atoms with Crippen molar-refractivity contribution in [1.29, 1.82) is 0 Å². The molecule has 0 aromatic heterocycles. The van der Waals surface area contributed by atoms with Crippen LogP contribution in [-0.2, 0) is 0 Å². The quantitative estimate of drug-likeness (QED) is 0.826. The summed E-state index contributed by atoms with van der Waals surface area (Å²) in [7, 11) is 1.91. The lowest BCUT2D eigenvalue weighted by atomic mass is 10.1. The smallest absolute Gasteiger partial charge is 0.130 e. The molecule has 0 radical (unpaired) electrons. The SMILES string of the molecule is CNCCC=C(C)c1cc(Br)ccc1F. The Morgan fingerprint density at radius 3 is 2.93 bits per heavy atom. The minimum absolute atomic E-state index is 0.170. The van der Waals surface area contributed by atoms with E-state index >= 15 is 0 Å². The highest BCUT2D eigenvalue weighted by atomic mass is 79.9. The topological polar surface area (TPSA) is 12.0 Å². The summed E-state index contributed by atoms with van der Waals surface area (Å²) in [5.41, 5.74) is 1.64. The summed E-state index contributed by atoms with van der Waals surface area (Å²) >= 11 is 3.34. The van der Waals surface area contributed by atoms with E-state index < -0.39 is 0 Å². The van der Waals surface area contributed by atoms with Crippen molar-refractivity contribution in [1.82, 2.24) is 5.32 Å². The summed E-state index contributed by atoms with van der Waals surface area (Å²) in [5.74, 6) is -0.170. The van der Waals surface area contributed by atoms with Crippen molar-refractivity contribution in [3.8, 4) is 0 Å². The van der Waals surface area contributed by atoms with E-state index in [-0.39, 0.29) is 5.82 Å². The number of nitrogens with one attached hydrogen (secondary N) is 1. The van der Waals surface area contributed by atoms with Crippen LogP contribution < -0.4 is 5.32 Å². The van der Waals surface area contributed by atoms with Gasteiger partial charge in [0.2, 0.25) is 0 Å². The fourth-order valence-electron chi connectivity index (χ4n) is 1.34. The van der Waals surface area contributed by atoms with Crippen LogP contribution in [0.3, 0.4) is 0 Å². The molecule has 0 bridgehead atoms. The number of hydrogen-bond donors (Lipinski definition) is 1. The summed E-state index contributed by atoms with van der Waals surface area (Å²) in [6.07, 6.45) is 2.95. The van der Waals surface area contributed by atoms with Gasteiger partial charge in [0.05, 0.1) is 0 Å². The molecule has 15 heavy (non-hydrogen) atoms. The maximum Gasteiger partial charge on any atom is 0.130 e. The summed E-state index contributed by atoms with van der Waals surface area (Å²) in [5, 5.41) is 3.05. The molecule has 1 nitrogen and oxygen atoms in total. The summed E-state index contributed by atoms with van der Waals surface area (Å²) < 4.78 is 14.4. The summed E-state index contributed by atoms with van der Waals surface area (Å²) in [4.78, 5) is 0. The first-order chi connectivity index (χ1) is 7.15. The molecule has 0 saturated carbocycles. The zero-order chi connectivity index (χ0) is 11.3. The lowest BCUT2D eigenvalue weighted by Crippen LogP contribution is -2.06. The molecule has 3 heteroatoms. The van der Waals surface area contributed by atoms with Crippen molar-refractivity contribution < 1.29 is 4.39 Å². The molecule has 0 saturated heterocycles. The van der Waals surface area contributed by atoms with Crippen LogP contribution in [0.4, 0.5) is 4.39 Å². The van der Waals surface area contributed by atoms with Crippen molar-refractivity contribution in [2.75, 3.05) is 13.6 Å². The van der Waals surface area contributed by atoms with Gasteiger partial charge >= 0.3 is 0 Å². The minimum atomic E-state index is -0.170. The largest absolute Gasteiger partial charge is 0.319 e. The minimum Gasteiger partial charge on any atom is -0.319 e. The molecule has 82 valence electrons. The van der Waals surface area contributed by atoms with Crippen molar-refractivity contribution >= 4 is 21.5 Å². The Labute approximate surface area is 98.5 Å². The standard InChI is InChI=1S/C12H15BrFN/c1-9(4-3-7-15-2)11-8-10(13)5-6-12(11)14/h4-6,8,15H,3,7H2,1-2H3. The van der Waals surface area contributed by atoms with Gasteiger partial charge in [-0.05, 0) is 50.7 Å². The van der Waals surface area contributed by atoms with Crippen LogP contribution in [0, 0.1) is 5.82 Å². The van der Waals surface area contributed by atoms with Crippen molar-refractivity contribution in [2.45, 2.75) is 13.3 Å². The summed E-state index contributed by atoms with van der Waals surface area (Å²) in [6, 6.07) is 5.00. The van der Waals surface area contributed by atoms with E-state index in [4.69, 9.17) is 0 Å². The Kier molecular flexibility index (Phi) is 4.99. The van der Waals surface area contributed by atoms with E-state index in [1.807, 2.05) is 20.0 Å². The summed E-state index contributed by atoms with van der Waals surface area (Å²) in [6.45, 7) is 2.84. The fraction of sp³-hybridized carbons (Fsp3) is 0.333. The first kappa shape index (κ1) is 12.4. The first-order valence-corrected chi connectivity index (χ1v) is 5.71. The molecule has 1 rings (SSSR count). The van der Waals surface area contributed by atoms with Crippen molar-refractivity contribution in [3.05, 3.63) is 40.1 Å². The Morgan fingerprint density at radius 1 is 1.53 bits per heavy atom. The average molecular weight is 272 g/mol. The molecule has 1 N–H and O–H groups in total. The van der Waals surface area contributed by atoms with Gasteiger partial charge < -0.3 is 5.32 Å². The molecule has 0 aliphatic rings. The van der Waals surface area contributed by atoms with Gasteiger partial charge in [-0.2, -0.15) is 0 Å². The van der Waals surface area contributed by atoms with Crippen LogP contribution in [0.1, 0.15) is 18.9 Å². The Balaban J connectivity index is 2.85. The van der Waals surface area contributed by atoms with E-state index in [9.17, 15) is 4.39 Å². The van der Waals surface area contributed by atoms with E-state index in [0.29, 0.717) is 5.56 Å². The van der Waals surface area contributed by atoms with Crippen LogP contribution in [0.25, 0.3) is 5.57 Å². The third kappa shape index (κ3) is 3.76. The second kappa shape index (κ2) is 6.03. The predicted octanol–water partition coefficient (Wildman–Crippen LogP) is 3.60. The fourth-order valence-corrected chi connectivity index (χ4v) is 1.70. The zero-order valence-corrected chi connectivity index (χ0v) is 10.6. The van der Waals surface area contributed by atoms with Gasteiger partial charge in [-0.25, -0.2) is 4.39 Å². The lowest BCUT2D eigenvalue weighted by Gasteiger charge is -2.04. The molecule has 0 spiro atoms. The van der Waals surface area contributed by atoms with Gasteiger partial charge in [-0.15, -0.1) is 0 Å². The maximum atomic E-state index is 13.5. The lowest BCUT2D eigenvalue weighted by molar-refractivity contribution is 0.623. The van der Waals surface area contributed by atoms with Crippen molar-refractivity contribution in [2.24, 2.45) is 0 Å². The predicted molar refractivity (Wildman–Crippen MR) is 66.3 cm³/mol. The number of benzene rings is 1. The molecule has 0 aliphatic heterocycles. The third-order valence-corrected chi connectivity index (χ3v) is 2.69. The van der Waals surface area contributed by atoms with Crippen LogP contribution in [-0.4, -0.2) is 13.6 Å². The van der Waals surface area contributed by atoms with Gasteiger partial charge in [0.25, 0.3) is 0 Å². The average Bonchev–Trinajstić information content (AvgIpc) is 2.22. The molecule has 0 aliphatic carbocycles. The Hall–Kier alpha value is -0.670. The van der Waals surface area contributed by atoms with Crippen LogP contribution in [0.5, 0.6) is 0 Å². The highest BCUT2D eigenvalue weighted by Gasteiger charge is 2.03. The molecule has 0 heterocycles. The second-order valence-electron chi connectivity index (χ2n) is 3.40. The Bertz CT molecular complexity index is 361. The number of allylic oxidation sites excluding steroid dienone is 1. The van der Waals surface area contributed by atoms with Crippen LogP contribution in [0.2, 0.25) is 0 Å². The van der Waals surface area contributed by atoms with Gasteiger partial charge in [-0.3, -0.25) is 0 Å². The van der Waals surface area contributed by atoms with E-state index in [1.54, 1.807) is 12.1 Å². The van der Waals surface area contributed by atoms with E-state index in [0.717, 1.165) is 23.0 Å². The monoisotopic (exact) mass is 271 g/mol. The highest BCUT2D eigenvalue weighted by molar-refractivity contribution is 9.10. The normalized spacial score (nSPS) is 11.9. The van der Waals surface area contributed by atoms with Gasteiger partial charge in [0.1, 0.15) is 5.82 Å². The molecule has 1 aromatic rings. The number of rotatable bonds is 4. The van der Waals surface area contributed by atoms with E-state index in [1.165, 1.54) is 6.07 Å². The van der Waals surface area contributed by atoms with Crippen LogP contribution in [0.15, 0.2) is 28.7 Å². The molecule has 0 atom stereocenters. The highest BCUT2D eigenvalue weighted by Crippen LogP contribution is 2.22. The zero-order valence-electron chi connectivity index (χ0n) is 8.98. The second-order valence-corrected chi connectivity index (χ2v) is 4.32. The van der Waals surface area contributed by atoms with Gasteiger partial charge in [0, 0.05) is 10.0 Å². The van der Waals surface area contributed by atoms with Gasteiger partial charge in [0.15, 0.2) is 0 Å². The first-order valence-electron chi connectivity index (χ1n) is 4.92. The molecule has 1 aromatic carbocycles. The molecule has 0 fully saturated rings. The number of hydrogen-bond acceptors (Lipinski definition) is 1. The number of halogens is 2. The molecule has 0 amide bonds. The van der Waals surface area contributed by atoms with E-state index in [2.05, 4.69) is 21.2 Å². The molecule has 0 unspecified atom stereocenters. The molecular weight excluding hydrogens is 257 g/mol. The van der Waals surface area contributed by atoms with Gasteiger partial charge in [-0.1, -0.05) is 22.0 Å². The van der Waals surface area contributed by atoms with Crippen LogP contribution >= 0.6 is 15.9 Å². The maximum absolute atomic E-state index is 13.5. The molecular formula is C12H15BrFN. The van der Waals surface area contributed by atoms with Crippen molar-refractivity contribution in [3.63, 3.8) is 0 Å². The third-order valence-electron chi connectivity index (χ3n) is 2.20.